The zero-order valence-electron chi connectivity index (χ0n) is 11.7. The Morgan fingerprint density at radius 1 is 1.25 bits per heavy atom. The highest BCUT2D eigenvalue weighted by atomic mass is 32.2. The predicted molar refractivity (Wildman–Crippen MR) is 81.9 cm³/mol. The van der Waals surface area contributed by atoms with E-state index in [2.05, 4.69) is 20.6 Å². The number of fused-ring (bicyclic) bond motifs is 1. The van der Waals surface area contributed by atoms with Crippen molar-refractivity contribution < 1.29 is 8.42 Å². The summed E-state index contributed by atoms with van der Waals surface area (Å²) in [7, 11) is -1.29. The average Bonchev–Trinajstić information content (AvgIpc) is 2.36. The van der Waals surface area contributed by atoms with Crippen LogP contribution in [0.2, 0.25) is 0 Å². The number of sulfone groups is 1. The fourth-order valence-corrected chi connectivity index (χ4v) is 3.02. The van der Waals surface area contributed by atoms with Crippen LogP contribution in [0.5, 0.6) is 0 Å². The van der Waals surface area contributed by atoms with Gasteiger partial charge in [0.15, 0.2) is 0 Å². The molecule has 20 heavy (non-hydrogen) atoms. The molecule has 0 radical (unpaired) electrons. The average molecular weight is 294 g/mol. The third-order valence-electron chi connectivity index (χ3n) is 2.76. The highest BCUT2D eigenvalue weighted by Crippen LogP contribution is 2.22. The smallest absolute Gasteiger partial charge is 0.224 e. The van der Waals surface area contributed by atoms with E-state index < -0.39 is 9.84 Å². The molecule has 0 aliphatic heterocycles. The molecule has 1 atom stereocenters. The third-order valence-corrected chi connectivity index (χ3v) is 3.87. The van der Waals surface area contributed by atoms with E-state index in [0.717, 1.165) is 10.9 Å². The van der Waals surface area contributed by atoms with E-state index in [1.165, 1.54) is 6.26 Å². The van der Waals surface area contributed by atoms with Crippen molar-refractivity contribution >= 4 is 32.5 Å². The number of anilines is 2. The largest absolute Gasteiger partial charge is 0.366 e. The molecule has 7 heteroatoms. The minimum absolute atomic E-state index is 0.0558. The minimum Gasteiger partial charge on any atom is -0.366 e. The SMILES string of the molecule is CNc1nc(NC(C)CS(C)(=O)=O)c2ccccc2n1. The third kappa shape index (κ3) is 3.57. The van der Waals surface area contributed by atoms with Crippen molar-refractivity contribution in [3.05, 3.63) is 24.3 Å². The van der Waals surface area contributed by atoms with Crippen molar-refractivity contribution in [1.82, 2.24) is 9.97 Å². The highest BCUT2D eigenvalue weighted by molar-refractivity contribution is 7.90. The van der Waals surface area contributed by atoms with E-state index in [1.54, 1.807) is 7.05 Å². The summed E-state index contributed by atoms with van der Waals surface area (Å²) in [6.07, 6.45) is 1.22. The van der Waals surface area contributed by atoms with Crippen molar-refractivity contribution in [2.75, 3.05) is 29.7 Å². The van der Waals surface area contributed by atoms with E-state index in [-0.39, 0.29) is 11.8 Å². The lowest BCUT2D eigenvalue weighted by atomic mass is 10.2. The lowest BCUT2D eigenvalue weighted by Crippen LogP contribution is -2.25. The van der Waals surface area contributed by atoms with Gasteiger partial charge in [-0.15, -0.1) is 0 Å². The molecule has 1 aromatic carbocycles. The Balaban J connectivity index is 2.37. The van der Waals surface area contributed by atoms with Gasteiger partial charge in [0, 0.05) is 24.7 Å². The summed E-state index contributed by atoms with van der Waals surface area (Å²) in [5, 5.41) is 6.91. The Labute approximate surface area is 118 Å². The molecule has 0 saturated carbocycles. The molecule has 6 nitrogen and oxygen atoms in total. The number of nitrogens with zero attached hydrogens (tertiary/aromatic N) is 2. The van der Waals surface area contributed by atoms with Gasteiger partial charge < -0.3 is 10.6 Å². The van der Waals surface area contributed by atoms with Crippen LogP contribution >= 0.6 is 0 Å². The number of para-hydroxylation sites is 1. The van der Waals surface area contributed by atoms with Gasteiger partial charge >= 0.3 is 0 Å². The van der Waals surface area contributed by atoms with Crippen molar-refractivity contribution in [3.63, 3.8) is 0 Å². The van der Waals surface area contributed by atoms with Gasteiger partial charge in [0.25, 0.3) is 0 Å². The van der Waals surface area contributed by atoms with Crippen LogP contribution in [-0.4, -0.2) is 43.5 Å². The van der Waals surface area contributed by atoms with Crippen LogP contribution in [0.1, 0.15) is 6.92 Å². The Hall–Kier alpha value is -1.89. The summed E-state index contributed by atoms with van der Waals surface area (Å²) in [6.45, 7) is 1.82. The maximum atomic E-state index is 11.3. The number of aromatic nitrogens is 2. The number of rotatable bonds is 5. The molecular weight excluding hydrogens is 276 g/mol. The summed E-state index contributed by atoms with van der Waals surface area (Å²) in [6, 6.07) is 7.37. The molecule has 1 unspecified atom stereocenters. The number of nitrogens with one attached hydrogen (secondary N) is 2. The molecule has 2 rings (SSSR count). The quantitative estimate of drug-likeness (QED) is 0.870. The van der Waals surface area contributed by atoms with Gasteiger partial charge in [-0.2, -0.15) is 4.98 Å². The Bertz CT molecular complexity index is 715. The van der Waals surface area contributed by atoms with Crippen LogP contribution in [0.3, 0.4) is 0 Å². The first-order chi connectivity index (χ1) is 9.39. The lowest BCUT2D eigenvalue weighted by molar-refractivity contribution is 0.598. The second-order valence-electron chi connectivity index (χ2n) is 4.80. The van der Waals surface area contributed by atoms with Crippen molar-refractivity contribution in [3.8, 4) is 0 Å². The molecule has 1 heterocycles. The zero-order chi connectivity index (χ0) is 14.8. The lowest BCUT2D eigenvalue weighted by Gasteiger charge is -2.15. The van der Waals surface area contributed by atoms with Crippen LogP contribution in [0, 0.1) is 0 Å². The zero-order valence-corrected chi connectivity index (χ0v) is 12.5. The summed E-state index contributed by atoms with van der Waals surface area (Å²) in [5.74, 6) is 1.19. The first kappa shape index (κ1) is 14.5. The monoisotopic (exact) mass is 294 g/mol. The van der Waals surface area contributed by atoms with E-state index in [4.69, 9.17) is 0 Å². The standard InChI is InChI=1S/C13H18N4O2S/c1-9(8-20(3,18)19)15-12-10-6-4-5-7-11(10)16-13(14-2)17-12/h4-7,9H,8H2,1-3H3,(H2,14,15,16,17). The summed E-state index contributed by atoms with van der Waals surface area (Å²) < 4.78 is 22.7. The molecule has 2 N–H and O–H groups in total. The number of benzene rings is 1. The Morgan fingerprint density at radius 2 is 1.95 bits per heavy atom. The second kappa shape index (κ2) is 5.62. The van der Waals surface area contributed by atoms with E-state index in [1.807, 2.05) is 31.2 Å². The van der Waals surface area contributed by atoms with Crippen LogP contribution in [0.25, 0.3) is 10.9 Å². The van der Waals surface area contributed by atoms with Crippen molar-refractivity contribution in [1.29, 1.82) is 0 Å². The number of hydrogen-bond donors (Lipinski definition) is 2. The van der Waals surface area contributed by atoms with Crippen LogP contribution in [-0.2, 0) is 9.84 Å². The van der Waals surface area contributed by atoms with Gasteiger partial charge in [0.1, 0.15) is 15.7 Å². The highest BCUT2D eigenvalue weighted by Gasteiger charge is 2.13. The minimum atomic E-state index is -3.03. The van der Waals surface area contributed by atoms with Crippen molar-refractivity contribution in [2.45, 2.75) is 13.0 Å². The maximum Gasteiger partial charge on any atom is 0.224 e. The molecule has 108 valence electrons. The molecular formula is C13H18N4O2S. The molecule has 0 saturated heterocycles. The van der Waals surface area contributed by atoms with Gasteiger partial charge in [-0.1, -0.05) is 12.1 Å². The topological polar surface area (TPSA) is 84.0 Å². The second-order valence-corrected chi connectivity index (χ2v) is 6.99. The van der Waals surface area contributed by atoms with Gasteiger partial charge in [-0.25, -0.2) is 13.4 Å². The molecule has 0 aliphatic rings. The van der Waals surface area contributed by atoms with E-state index >= 15 is 0 Å². The molecule has 0 bridgehead atoms. The Morgan fingerprint density at radius 3 is 2.60 bits per heavy atom. The van der Waals surface area contributed by atoms with Gasteiger partial charge in [-0.3, -0.25) is 0 Å². The molecule has 0 spiro atoms. The summed E-state index contributed by atoms with van der Waals surface area (Å²) in [5.41, 5.74) is 0.806. The van der Waals surface area contributed by atoms with Gasteiger partial charge in [0.2, 0.25) is 5.95 Å². The molecule has 0 aliphatic carbocycles. The number of hydrogen-bond acceptors (Lipinski definition) is 6. The van der Waals surface area contributed by atoms with Gasteiger partial charge in [-0.05, 0) is 19.1 Å². The molecule has 1 aromatic heterocycles. The first-order valence-corrected chi connectivity index (χ1v) is 8.34. The van der Waals surface area contributed by atoms with Crippen molar-refractivity contribution in [2.24, 2.45) is 0 Å². The fourth-order valence-electron chi connectivity index (χ4n) is 2.03. The summed E-state index contributed by atoms with van der Waals surface area (Å²) >= 11 is 0. The van der Waals surface area contributed by atoms with E-state index in [9.17, 15) is 8.42 Å². The summed E-state index contributed by atoms with van der Waals surface area (Å²) in [4.78, 5) is 8.72. The fraction of sp³-hybridized carbons (Fsp3) is 0.385. The predicted octanol–water partition coefficient (Wildman–Crippen LogP) is 1.52. The molecule has 0 amide bonds. The van der Waals surface area contributed by atoms with Crippen LogP contribution in [0.4, 0.5) is 11.8 Å². The van der Waals surface area contributed by atoms with Gasteiger partial charge in [0.05, 0.1) is 11.3 Å². The normalized spacial score (nSPS) is 13.2. The molecule has 0 fully saturated rings. The maximum absolute atomic E-state index is 11.3. The molecule has 2 aromatic rings. The van der Waals surface area contributed by atoms with Crippen LogP contribution < -0.4 is 10.6 Å². The van der Waals surface area contributed by atoms with E-state index in [0.29, 0.717) is 11.8 Å². The van der Waals surface area contributed by atoms with Crippen LogP contribution in [0.15, 0.2) is 24.3 Å². The Kier molecular flexibility index (Phi) is 4.08. The first-order valence-electron chi connectivity index (χ1n) is 6.28.